The van der Waals surface area contributed by atoms with Crippen LogP contribution in [-0.2, 0) is 0 Å². The summed E-state index contributed by atoms with van der Waals surface area (Å²) in [7, 11) is -0.446. The molecule has 0 saturated carbocycles. The van der Waals surface area contributed by atoms with Crippen LogP contribution in [0.25, 0.3) is 0 Å². The number of aliphatic hydroxyl groups excluding tert-OH is 2. The molecular formula is C72H79Br4LiN4O10P-. The molecule has 2 N–H and O–H groups in total. The Bertz CT molecular complexity index is 2980. The Hall–Kier alpha value is -6.03. The van der Waals surface area contributed by atoms with E-state index in [1.807, 2.05) is 27.7 Å². The van der Waals surface area contributed by atoms with Gasteiger partial charge in [0.1, 0.15) is 0 Å². The van der Waals surface area contributed by atoms with Gasteiger partial charge in [-0.2, -0.15) is 0 Å². The third-order valence-electron chi connectivity index (χ3n) is 15.1. The molecule has 0 radical (unpaired) electrons. The molecule has 20 heteroatoms. The van der Waals surface area contributed by atoms with Crippen molar-refractivity contribution in [1.29, 1.82) is 0 Å². The van der Waals surface area contributed by atoms with E-state index in [9.17, 15) is 38.4 Å². The minimum Gasteiger partial charge on any atom is -1.00 e. The smallest absolute Gasteiger partial charge is 1.00 e. The topological polar surface area (TPSA) is 190 Å². The third kappa shape index (κ3) is 21.0. The molecule has 11 rings (SSSR count). The number of benzene rings is 7. The van der Waals surface area contributed by atoms with E-state index in [1.165, 1.54) is 35.5 Å². The van der Waals surface area contributed by atoms with Crippen LogP contribution in [0.3, 0.4) is 0 Å². The molecule has 482 valence electrons. The maximum atomic E-state index is 12.0. The molecule has 0 aliphatic carbocycles. The van der Waals surface area contributed by atoms with E-state index in [0.717, 1.165) is 23.5 Å². The summed E-state index contributed by atoms with van der Waals surface area (Å²) in [6.45, 7) is 16.0. The number of hydrogen-bond acceptors (Lipinski definition) is 10. The van der Waals surface area contributed by atoms with Crippen LogP contribution in [0.2, 0.25) is 0 Å². The minimum atomic E-state index is -0.446. The number of fused-ring (bicyclic) bond motifs is 4. The average Bonchev–Trinajstić information content (AvgIpc) is 1.64. The van der Waals surface area contributed by atoms with Gasteiger partial charge in [0.2, 0.25) is 0 Å². The third-order valence-corrected chi connectivity index (χ3v) is 19.7. The summed E-state index contributed by atoms with van der Waals surface area (Å²) in [6.07, 6.45) is 1.93. The van der Waals surface area contributed by atoms with Crippen LogP contribution in [0, 0.1) is 29.6 Å². The number of rotatable bonds is 17. The Labute approximate surface area is 592 Å². The second kappa shape index (κ2) is 40.3. The van der Waals surface area contributed by atoms with Crippen molar-refractivity contribution in [3.8, 4) is 0 Å². The SMILES string of the molecule is CC[C@@H](C)CN1C(=O)c2ccccc2C1=O.CC[C@@H](C)CN1C(=O)c2ccccc2C1=O.C[C@H](CBr)CN1C(=O)c2ccccc2C1=O.C[C@H](CO)CBr.C[C@H](CO)CN1C(=O)c2ccccc2C1=O.[Br-].[Br-].[Li+].c1ccc(P(c2ccccc2)c2ccccc2)cc1. The van der Waals surface area contributed by atoms with Crippen molar-refractivity contribution in [2.45, 2.75) is 61.3 Å². The van der Waals surface area contributed by atoms with Gasteiger partial charge >= 0.3 is 18.9 Å². The molecule has 0 saturated heterocycles. The molecule has 0 spiro atoms. The van der Waals surface area contributed by atoms with Crippen molar-refractivity contribution in [2.24, 2.45) is 29.6 Å². The van der Waals surface area contributed by atoms with Crippen molar-refractivity contribution < 1.29 is 101 Å². The Morgan fingerprint density at radius 3 is 0.674 bits per heavy atom. The molecule has 4 heterocycles. The fourth-order valence-electron chi connectivity index (χ4n) is 9.46. The molecule has 8 amide bonds. The van der Waals surface area contributed by atoms with Gasteiger partial charge < -0.3 is 44.2 Å². The largest absolute Gasteiger partial charge is 1.00 e. The second-order valence-electron chi connectivity index (χ2n) is 22.4. The average molecular weight is 1520 g/mol. The van der Waals surface area contributed by atoms with Crippen LogP contribution in [0.15, 0.2) is 188 Å². The second-order valence-corrected chi connectivity index (χ2v) is 25.9. The van der Waals surface area contributed by atoms with Gasteiger partial charge in [0, 0.05) is 50.1 Å². The number of aliphatic hydroxyl groups is 2. The molecule has 0 aromatic heterocycles. The van der Waals surface area contributed by atoms with Gasteiger partial charge in [0.25, 0.3) is 47.3 Å². The normalized spacial score (nSPS) is 14.6. The summed E-state index contributed by atoms with van der Waals surface area (Å²) >= 11 is 6.56. The van der Waals surface area contributed by atoms with Gasteiger partial charge in [-0.05, 0) is 102 Å². The van der Waals surface area contributed by atoms with Gasteiger partial charge in [-0.3, -0.25) is 58.0 Å². The van der Waals surface area contributed by atoms with Crippen molar-refractivity contribution in [1.82, 2.24) is 19.6 Å². The van der Waals surface area contributed by atoms with Crippen molar-refractivity contribution in [2.75, 3.05) is 50.1 Å². The number of halogens is 4. The van der Waals surface area contributed by atoms with E-state index in [1.54, 1.807) is 104 Å². The van der Waals surface area contributed by atoms with Crippen molar-refractivity contribution in [3.63, 3.8) is 0 Å². The zero-order valence-corrected chi connectivity index (χ0v) is 60.5. The summed E-state index contributed by atoms with van der Waals surface area (Å²) in [6, 6.07) is 60.1. The summed E-state index contributed by atoms with van der Waals surface area (Å²) in [5.74, 6) is -0.203. The first-order valence-electron chi connectivity index (χ1n) is 29.9. The first-order chi connectivity index (χ1) is 42.8. The maximum absolute atomic E-state index is 12.0. The molecule has 4 aliphatic heterocycles. The van der Waals surface area contributed by atoms with Crippen molar-refractivity contribution >= 4 is 103 Å². The molecule has 14 nitrogen and oxygen atoms in total. The zero-order valence-electron chi connectivity index (χ0n) is 53.3. The predicted octanol–water partition coefficient (Wildman–Crippen LogP) is 3.35. The number of imide groups is 4. The number of hydrogen-bond donors (Lipinski definition) is 2. The Kier molecular flexibility index (Phi) is 35.1. The zero-order chi connectivity index (χ0) is 64.7. The number of carbonyl (C=O) groups is 8. The number of carbonyl (C=O) groups excluding carboxylic acids is 8. The van der Waals surface area contributed by atoms with Crippen LogP contribution < -0.4 is 68.7 Å². The van der Waals surface area contributed by atoms with E-state index in [0.29, 0.717) is 81.9 Å². The van der Waals surface area contributed by atoms with Crippen LogP contribution >= 0.6 is 39.8 Å². The quantitative estimate of drug-likeness (QED) is 0.0593. The summed E-state index contributed by atoms with van der Waals surface area (Å²) in [5.41, 5.74) is 4.11. The van der Waals surface area contributed by atoms with Crippen molar-refractivity contribution in [3.05, 3.63) is 233 Å². The first-order valence-corrected chi connectivity index (χ1v) is 33.5. The standard InChI is InChI=1S/C18H15P.2C13H15NO2.C12H12BrNO2.C12H13NO3.C4H9BrO.2BrH.Li/c1-4-10-16(11-5-1)19(17-12-6-2-7-13-17)18-14-8-3-9-15-18;2*1-3-9(2)8-14-12(15)10-6-4-5-7-11(10)13(14)16;1-8(6-13)7-14-11(15)9-4-2-3-5-10(9)12(14)16;1-8(7-14)6-13-11(15)9-4-2-3-5-10(9)12(13)16;1-4(2-5)3-6;;;/h1-15H;2*4-7,9H,3,8H2,1-2H3;2-5,8H,6-7H2,1H3;2-5,8,14H,6-7H2,1H3;4,6H,2-3H2,1H3;2*1H;/q;;;;;;;;+1/p-2/t;2*9-;2*8-;4-;;;/m.11100.../s1. The molecule has 0 fully saturated rings. The number of amides is 8. The van der Waals surface area contributed by atoms with Gasteiger partial charge in [0.15, 0.2) is 0 Å². The molecule has 0 unspecified atom stereocenters. The monoisotopic (exact) mass is 1510 g/mol. The summed E-state index contributed by atoms with van der Waals surface area (Å²) in [5, 5.41) is 23.1. The van der Waals surface area contributed by atoms with Crippen LogP contribution in [-0.4, -0.2) is 127 Å². The van der Waals surface area contributed by atoms with Crippen LogP contribution in [0.1, 0.15) is 144 Å². The van der Waals surface area contributed by atoms with E-state index in [-0.39, 0.29) is 132 Å². The van der Waals surface area contributed by atoms with Crippen LogP contribution in [0.4, 0.5) is 0 Å². The molecule has 0 bridgehead atoms. The Balaban J connectivity index is 0.000000292. The minimum absolute atomic E-state index is 0. The summed E-state index contributed by atoms with van der Waals surface area (Å²) in [4.78, 5) is 101. The molecule has 7 aromatic rings. The van der Waals surface area contributed by atoms with Gasteiger partial charge in [0.05, 0.1) is 44.5 Å². The molecule has 4 aliphatic rings. The molecule has 7 aromatic carbocycles. The Morgan fingerprint density at radius 2 is 0.500 bits per heavy atom. The fourth-order valence-corrected chi connectivity index (χ4v) is 12.2. The number of nitrogens with zero attached hydrogens (tertiary/aromatic N) is 4. The van der Waals surface area contributed by atoms with E-state index in [4.69, 9.17) is 10.2 Å². The van der Waals surface area contributed by atoms with E-state index >= 15 is 0 Å². The number of alkyl halides is 2. The van der Waals surface area contributed by atoms with Gasteiger partial charge in [-0.25, -0.2) is 0 Å². The molecule has 5 atom stereocenters. The predicted molar refractivity (Wildman–Crippen MR) is 361 cm³/mol. The van der Waals surface area contributed by atoms with Crippen LogP contribution in [0.5, 0.6) is 0 Å². The Morgan fingerprint density at radius 1 is 0.315 bits per heavy atom. The van der Waals surface area contributed by atoms with Gasteiger partial charge in [-0.15, -0.1) is 0 Å². The fraction of sp³-hybridized carbons (Fsp3) is 0.306. The van der Waals surface area contributed by atoms with Gasteiger partial charge in [-0.1, -0.05) is 233 Å². The summed E-state index contributed by atoms with van der Waals surface area (Å²) < 4.78 is 0. The molecule has 92 heavy (non-hydrogen) atoms. The van der Waals surface area contributed by atoms with E-state index < -0.39 is 7.92 Å². The molecular weight excluding hydrogens is 1440 g/mol. The first kappa shape index (κ1) is 80.2. The maximum Gasteiger partial charge on any atom is 1.00 e. The van der Waals surface area contributed by atoms with E-state index in [2.05, 4.69) is 137 Å².